The molecule has 2 nitrogen and oxygen atoms in total. The molecular weight excluding hydrogens is 321 g/mol. The Kier molecular flexibility index (Phi) is 5.15. The quantitative estimate of drug-likeness (QED) is 0.870. The van der Waals surface area contributed by atoms with Crippen LogP contribution in [0.3, 0.4) is 0 Å². The van der Waals surface area contributed by atoms with E-state index in [0.29, 0.717) is 6.54 Å². The zero-order chi connectivity index (χ0) is 14.5. The molecule has 0 aliphatic heterocycles. The highest BCUT2D eigenvalue weighted by molar-refractivity contribution is 9.10. The molecule has 20 heavy (non-hydrogen) atoms. The summed E-state index contributed by atoms with van der Waals surface area (Å²) in [6.07, 6.45) is 0. The molecule has 0 fully saturated rings. The summed E-state index contributed by atoms with van der Waals surface area (Å²) >= 11 is 3.38. The predicted octanol–water partition coefficient (Wildman–Crippen LogP) is 4.45. The number of hydrogen-bond acceptors (Lipinski definition) is 2. The van der Waals surface area contributed by atoms with Crippen LogP contribution in [0.15, 0.2) is 46.9 Å². The van der Waals surface area contributed by atoms with Gasteiger partial charge in [-0.25, -0.2) is 4.39 Å². The molecule has 106 valence electrons. The number of hydrogen-bond donors (Lipinski definition) is 1. The summed E-state index contributed by atoms with van der Waals surface area (Å²) in [5, 5.41) is 3.42. The van der Waals surface area contributed by atoms with Crippen LogP contribution < -0.4 is 10.1 Å². The van der Waals surface area contributed by atoms with Gasteiger partial charge < -0.3 is 10.1 Å². The summed E-state index contributed by atoms with van der Waals surface area (Å²) in [6.45, 7) is 2.73. The van der Waals surface area contributed by atoms with E-state index in [0.717, 1.165) is 21.3 Å². The highest BCUT2D eigenvalue weighted by Crippen LogP contribution is 2.25. The van der Waals surface area contributed by atoms with E-state index in [-0.39, 0.29) is 11.9 Å². The lowest BCUT2D eigenvalue weighted by atomic mass is 10.1. The van der Waals surface area contributed by atoms with Crippen LogP contribution in [0.5, 0.6) is 5.75 Å². The minimum atomic E-state index is -0.238. The first-order valence-electron chi connectivity index (χ1n) is 6.42. The van der Waals surface area contributed by atoms with Crippen LogP contribution in [0, 0.1) is 5.82 Å². The molecule has 0 saturated carbocycles. The van der Waals surface area contributed by atoms with Crippen molar-refractivity contribution in [1.29, 1.82) is 0 Å². The summed E-state index contributed by atoms with van der Waals surface area (Å²) in [5.41, 5.74) is 2.13. The van der Waals surface area contributed by atoms with Crippen molar-refractivity contribution in [3.05, 3.63) is 63.9 Å². The van der Waals surface area contributed by atoms with E-state index < -0.39 is 0 Å². The van der Waals surface area contributed by atoms with Crippen molar-refractivity contribution in [3.63, 3.8) is 0 Å². The van der Waals surface area contributed by atoms with Crippen molar-refractivity contribution in [2.24, 2.45) is 0 Å². The van der Waals surface area contributed by atoms with Crippen LogP contribution in [0.25, 0.3) is 0 Å². The van der Waals surface area contributed by atoms with Gasteiger partial charge in [0.2, 0.25) is 0 Å². The molecule has 0 radical (unpaired) electrons. The molecule has 2 aromatic rings. The summed E-state index contributed by atoms with van der Waals surface area (Å²) in [5.74, 6) is 0.629. The van der Waals surface area contributed by atoms with Crippen molar-refractivity contribution in [2.45, 2.75) is 19.5 Å². The highest BCUT2D eigenvalue weighted by Gasteiger charge is 2.11. The summed E-state index contributed by atoms with van der Waals surface area (Å²) in [4.78, 5) is 0. The zero-order valence-corrected chi connectivity index (χ0v) is 13.1. The van der Waals surface area contributed by atoms with E-state index in [2.05, 4.69) is 28.2 Å². The third kappa shape index (κ3) is 3.58. The van der Waals surface area contributed by atoms with Gasteiger partial charge in [-0.15, -0.1) is 0 Å². The van der Waals surface area contributed by atoms with Gasteiger partial charge in [0.25, 0.3) is 0 Å². The van der Waals surface area contributed by atoms with E-state index >= 15 is 0 Å². The Hall–Kier alpha value is -1.39. The average Bonchev–Trinajstić information content (AvgIpc) is 2.46. The topological polar surface area (TPSA) is 21.3 Å². The fourth-order valence-electron chi connectivity index (χ4n) is 2.06. The largest absolute Gasteiger partial charge is 0.496 e. The number of halogens is 2. The summed E-state index contributed by atoms with van der Waals surface area (Å²) in [6, 6.07) is 12.8. The minimum absolute atomic E-state index is 0.142. The highest BCUT2D eigenvalue weighted by atomic mass is 79.9. The van der Waals surface area contributed by atoms with Crippen molar-refractivity contribution < 1.29 is 9.13 Å². The molecule has 1 atom stereocenters. The van der Waals surface area contributed by atoms with E-state index in [1.54, 1.807) is 13.2 Å². The first-order chi connectivity index (χ1) is 9.61. The fraction of sp³-hybridized carbons (Fsp3) is 0.250. The number of benzene rings is 2. The van der Waals surface area contributed by atoms with Gasteiger partial charge in [0.15, 0.2) is 0 Å². The molecule has 0 aliphatic rings. The van der Waals surface area contributed by atoms with Crippen molar-refractivity contribution >= 4 is 15.9 Å². The predicted molar refractivity (Wildman–Crippen MR) is 82.3 cm³/mol. The monoisotopic (exact) mass is 337 g/mol. The van der Waals surface area contributed by atoms with E-state index in [4.69, 9.17) is 4.74 Å². The number of para-hydroxylation sites is 1. The number of methoxy groups -OCH3 is 1. The minimum Gasteiger partial charge on any atom is -0.496 e. The molecule has 4 heteroatoms. The SMILES string of the molecule is COc1ccccc1[C@@H](C)NCc1ccc(F)cc1Br. The average molecular weight is 338 g/mol. The number of rotatable bonds is 5. The normalized spacial score (nSPS) is 12.2. The molecule has 2 rings (SSSR count). The molecule has 0 saturated heterocycles. The molecule has 0 unspecified atom stereocenters. The van der Waals surface area contributed by atoms with E-state index in [1.807, 2.05) is 24.3 Å². The van der Waals surface area contributed by atoms with Crippen LogP contribution in [0.4, 0.5) is 4.39 Å². The number of ether oxygens (including phenoxy) is 1. The Morgan fingerprint density at radius 3 is 2.70 bits per heavy atom. The molecule has 2 aromatic carbocycles. The lowest BCUT2D eigenvalue weighted by molar-refractivity contribution is 0.401. The molecule has 0 aromatic heterocycles. The summed E-state index contributed by atoms with van der Waals surface area (Å²) in [7, 11) is 1.67. The molecular formula is C16H17BrFNO. The second kappa shape index (κ2) is 6.86. The maximum Gasteiger partial charge on any atom is 0.124 e. The van der Waals surface area contributed by atoms with E-state index in [1.165, 1.54) is 12.1 Å². The Morgan fingerprint density at radius 2 is 2.00 bits per heavy atom. The van der Waals surface area contributed by atoms with Gasteiger partial charge in [-0.1, -0.05) is 40.2 Å². The van der Waals surface area contributed by atoms with Gasteiger partial charge in [0.05, 0.1) is 7.11 Å². The van der Waals surface area contributed by atoms with Gasteiger partial charge in [0.1, 0.15) is 11.6 Å². The smallest absolute Gasteiger partial charge is 0.124 e. The van der Waals surface area contributed by atoms with Gasteiger partial charge >= 0.3 is 0 Å². The van der Waals surface area contributed by atoms with Crippen LogP contribution in [-0.4, -0.2) is 7.11 Å². The first kappa shape index (κ1) is 15.0. The molecule has 0 spiro atoms. The number of nitrogens with one attached hydrogen (secondary N) is 1. The van der Waals surface area contributed by atoms with Crippen LogP contribution in [-0.2, 0) is 6.54 Å². The Labute approximate surface area is 127 Å². The van der Waals surface area contributed by atoms with Crippen LogP contribution in [0.2, 0.25) is 0 Å². The van der Waals surface area contributed by atoms with Gasteiger partial charge in [-0.2, -0.15) is 0 Å². The second-order valence-corrected chi connectivity index (χ2v) is 5.43. The van der Waals surface area contributed by atoms with Crippen molar-refractivity contribution in [2.75, 3.05) is 7.11 Å². The molecule has 1 N–H and O–H groups in total. The molecule has 0 amide bonds. The first-order valence-corrected chi connectivity index (χ1v) is 7.21. The molecule has 0 aliphatic carbocycles. The Bertz CT molecular complexity index is 588. The summed E-state index contributed by atoms with van der Waals surface area (Å²) < 4.78 is 19.2. The third-order valence-electron chi connectivity index (χ3n) is 3.22. The second-order valence-electron chi connectivity index (χ2n) is 4.58. The van der Waals surface area contributed by atoms with Gasteiger partial charge in [-0.3, -0.25) is 0 Å². The van der Waals surface area contributed by atoms with Gasteiger partial charge in [-0.05, 0) is 30.7 Å². The molecule has 0 bridgehead atoms. The maximum absolute atomic E-state index is 13.0. The fourth-order valence-corrected chi connectivity index (χ4v) is 2.55. The lowest BCUT2D eigenvalue weighted by Gasteiger charge is -2.17. The third-order valence-corrected chi connectivity index (χ3v) is 3.96. The van der Waals surface area contributed by atoms with Gasteiger partial charge in [0, 0.05) is 22.6 Å². The van der Waals surface area contributed by atoms with Crippen molar-refractivity contribution in [1.82, 2.24) is 5.32 Å². The lowest BCUT2D eigenvalue weighted by Crippen LogP contribution is -2.19. The van der Waals surface area contributed by atoms with Crippen molar-refractivity contribution in [3.8, 4) is 5.75 Å². The molecule has 0 heterocycles. The zero-order valence-electron chi connectivity index (χ0n) is 11.5. The maximum atomic E-state index is 13.0. The standard InChI is InChI=1S/C16H17BrFNO/c1-11(14-5-3-4-6-16(14)20-2)19-10-12-7-8-13(18)9-15(12)17/h3-9,11,19H,10H2,1-2H3/t11-/m1/s1. The van der Waals surface area contributed by atoms with Crippen LogP contribution in [0.1, 0.15) is 24.1 Å². The Morgan fingerprint density at radius 1 is 1.25 bits per heavy atom. The van der Waals surface area contributed by atoms with E-state index in [9.17, 15) is 4.39 Å². The Balaban J connectivity index is 2.06. The van der Waals surface area contributed by atoms with Crippen LogP contribution >= 0.6 is 15.9 Å².